The lowest BCUT2D eigenvalue weighted by Crippen LogP contribution is -2.18. The summed E-state index contributed by atoms with van der Waals surface area (Å²) in [6.45, 7) is 0.376. The number of ether oxygens (including phenoxy) is 1. The third-order valence-corrected chi connectivity index (χ3v) is 5.29. The van der Waals surface area contributed by atoms with E-state index in [0.29, 0.717) is 57.8 Å². The number of nitrogens with one attached hydrogen (secondary N) is 1. The van der Waals surface area contributed by atoms with E-state index in [2.05, 4.69) is 15.3 Å². The molecule has 1 aliphatic rings. The average molecular weight is 445 g/mol. The summed E-state index contributed by atoms with van der Waals surface area (Å²) in [6, 6.07) is 9.96. The van der Waals surface area contributed by atoms with Crippen molar-refractivity contribution in [3.8, 4) is 5.75 Å². The van der Waals surface area contributed by atoms with Crippen LogP contribution < -0.4 is 10.1 Å². The Balaban J connectivity index is 1.72. The first kappa shape index (κ1) is 21.0. The van der Waals surface area contributed by atoms with Gasteiger partial charge >= 0.3 is 0 Å². The molecule has 4 rings (SSSR count). The molecule has 9 heteroatoms. The van der Waals surface area contributed by atoms with E-state index in [1.165, 1.54) is 19.4 Å². The Morgan fingerprint density at radius 1 is 1.23 bits per heavy atom. The minimum atomic E-state index is -2.57. The molecular formula is C22H19ClF2N4O2. The van der Waals surface area contributed by atoms with E-state index in [-0.39, 0.29) is 11.5 Å². The predicted molar refractivity (Wildman–Crippen MR) is 113 cm³/mol. The van der Waals surface area contributed by atoms with Crippen molar-refractivity contribution in [2.45, 2.75) is 19.4 Å². The molecule has 1 N–H and O–H groups in total. The summed E-state index contributed by atoms with van der Waals surface area (Å²) in [4.78, 5) is 23.0. The van der Waals surface area contributed by atoms with Crippen molar-refractivity contribution < 1.29 is 18.3 Å². The molecule has 31 heavy (non-hydrogen) atoms. The Morgan fingerprint density at radius 2 is 2.03 bits per heavy atom. The molecule has 6 nitrogen and oxygen atoms in total. The molecule has 0 aliphatic carbocycles. The minimum Gasteiger partial charge on any atom is -0.493 e. The van der Waals surface area contributed by atoms with Crippen LogP contribution in [0.15, 0.2) is 42.6 Å². The highest BCUT2D eigenvalue weighted by molar-refractivity contribution is 6.32. The van der Waals surface area contributed by atoms with Gasteiger partial charge in [-0.25, -0.2) is 8.78 Å². The molecule has 0 bridgehead atoms. The summed E-state index contributed by atoms with van der Waals surface area (Å²) < 4.78 is 31.0. The van der Waals surface area contributed by atoms with Crippen molar-refractivity contribution in [3.63, 3.8) is 0 Å². The standard InChI is InChI=1S/C22H19ClF2N4O2/c1-29-11-18-19(22(29)30)17(28-16-5-3-4-15(23)20(16)31-2)9-14(27-18)8-13-7-6-12(10-26-13)21(24)25/h3-7,9-10,21H,8,11H2,1-2H3,(H,27,28). The van der Waals surface area contributed by atoms with Gasteiger partial charge in [0.25, 0.3) is 12.3 Å². The fourth-order valence-electron chi connectivity index (χ4n) is 3.50. The highest BCUT2D eigenvalue weighted by atomic mass is 35.5. The fraction of sp³-hybridized carbons (Fsp3) is 0.227. The van der Waals surface area contributed by atoms with Crippen molar-refractivity contribution >= 4 is 28.9 Å². The van der Waals surface area contributed by atoms with Crippen LogP contribution in [0, 0.1) is 0 Å². The SMILES string of the molecule is COc1c(Cl)cccc1Nc1cc(Cc2ccc(C(F)F)cn2)nc2c1C(=O)N(C)C2. The first-order chi connectivity index (χ1) is 14.9. The Bertz CT molecular complexity index is 1140. The van der Waals surface area contributed by atoms with Gasteiger partial charge in [-0.15, -0.1) is 0 Å². The molecule has 0 radical (unpaired) electrons. The quantitative estimate of drug-likeness (QED) is 0.579. The van der Waals surface area contributed by atoms with Crippen LogP contribution in [0.4, 0.5) is 20.2 Å². The molecule has 0 spiro atoms. The van der Waals surface area contributed by atoms with E-state index in [1.807, 2.05) is 0 Å². The number of amides is 1. The number of hydrogen-bond donors (Lipinski definition) is 1. The molecule has 1 aromatic carbocycles. The second-order valence-corrected chi connectivity index (χ2v) is 7.56. The lowest BCUT2D eigenvalue weighted by Gasteiger charge is -2.15. The van der Waals surface area contributed by atoms with Gasteiger partial charge in [0, 0.05) is 36.6 Å². The van der Waals surface area contributed by atoms with Gasteiger partial charge in [0.15, 0.2) is 5.75 Å². The van der Waals surface area contributed by atoms with Gasteiger partial charge in [-0.2, -0.15) is 0 Å². The molecular weight excluding hydrogens is 426 g/mol. The average Bonchev–Trinajstić information content (AvgIpc) is 3.02. The van der Waals surface area contributed by atoms with Crippen LogP contribution >= 0.6 is 11.6 Å². The van der Waals surface area contributed by atoms with E-state index in [0.717, 1.165) is 0 Å². The number of fused-ring (bicyclic) bond motifs is 1. The van der Waals surface area contributed by atoms with Crippen LogP contribution in [0.3, 0.4) is 0 Å². The van der Waals surface area contributed by atoms with Crippen LogP contribution in [-0.2, 0) is 13.0 Å². The van der Waals surface area contributed by atoms with E-state index < -0.39 is 6.43 Å². The third kappa shape index (κ3) is 4.16. The summed E-state index contributed by atoms with van der Waals surface area (Å²) in [5.74, 6) is 0.316. The zero-order chi connectivity index (χ0) is 22.1. The van der Waals surface area contributed by atoms with E-state index in [9.17, 15) is 13.6 Å². The van der Waals surface area contributed by atoms with Gasteiger partial charge in [0.2, 0.25) is 0 Å². The van der Waals surface area contributed by atoms with Gasteiger partial charge in [0.1, 0.15) is 0 Å². The molecule has 2 aromatic heterocycles. The van der Waals surface area contributed by atoms with Crippen LogP contribution in [0.2, 0.25) is 5.02 Å². The van der Waals surface area contributed by atoms with Gasteiger partial charge in [-0.3, -0.25) is 14.8 Å². The van der Waals surface area contributed by atoms with Crippen LogP contribution in [0.1, 0.15) is 39.4 Å². The number of aromatic nitrogens is 2. The second-order valence-electron chi connectivity index (χ2n) is 7.15. The topological polar surface area (TPSA) is 67.3 Å². The van der Waals surface area contributed by atoms with Gasteiger partial charge in [-0.1, -0.05) is 17.7 Å². The lowest BCUT2D eigenvalue weighted by atomic mass is 10.1. The lowest BCUT2D eigenvalue weighted by molar-refractivity contribution is 0.0817. The second kappa shape index (κ2) is 8.47. The molecule has 0 unspecified atom stereocenters. The smallest absolute Gasteiger partial charge is 0.265 e. The summed E-state index contributed by atoms with van der Waals surface area (Å²) in [5, 5.41) is 3.68. The summed E-state index contributed by atoms with van der Waals surface area (Å²) in [7, 11) is 3.22. The molecule has 3 aromatic rings. The monoisotopic (exact) mass is 444 g/mol. The van der Waals surface area contributed by atoms with E-state index >= 15 is 0 Å². The molecule has 3 heterocycles. The Morgan fingerprint density at radius 3 is 2.71 bits per heavy atom. The number of anilines is 2. The zero-order valence-electron chi connectivity index (χ0n) is 16.8. The summed E-state index contributed by atoms with van der Waals surface area (Å²) in [6.07, 6.45) is -1.07. The molecule has 0 saturated carbocycles. The maximum absolute atomic E-state index is 12.8. The number of halogens is 3. The zero-order valence-corrected chi connectivity index (χ0v) is 17.6. The predicted octanol–water partition coefficient (Wildman–Crippen LogP) is 5.00. The first-order valence-corrected chi connectivity index (χ1v) is 9.86. The number of para-hydroxylation sites is 1. The number of hydrogen-bond acceptors (Lipinski definition) is 5. The first-order valence-electron chi connectivity index (χ1n) is 9.48. The van der Waals surface area contributed by atoms with E-state index in [4.69, 9.17) is 16.3 Å². The maximum atomic E-state index is 12.8. The summed E-state index contributed by atoms with van der Waals surface area (Å²) >= 11 is 6.22. The number of carbonyl (C=O) groups is 1. The highest BCUT2D eigenvalue weighted by Crippen LogP contribution is 2.37. The maximum Gasteiger partial charge on any atom is 0.265 e. The van der Waals surface area contributed by atoms with Crippen LogP contribution in [0.5, 0.6) is 5.75 Å². The van der Waals surface area contributed by atoms with Crippen molar-refractivity contribution in [1.82, 2.24) is 14.9 Å². The number of carbonyl (C=O) groups excluding carboxylic acids is 1. The van der Waals surface area contributed by atoms with Crippen molar-refractivity contribution in [1.29, 1.82) is 0 Å². The minimum absolute atomic E-state index is 0.131. The van der Waals surface area contributed by atoms with Crippen molar-refractivity contribution in [2.24, 2.45) is 0 Å². The number of rotatable bonds is 6. The largest absolute Gasteiger partial charge is 0.493 e. The fourth-order valence-corrected chi connectivity index (χ4v) is 3.75. The van der Waals surface area contributed by atoms with Crippen LogP contribution in [-0.4, -0.2) is 34.9 Å². The van der Waals surface area contributed by atoms with Crippen molar-refractivity contribution in [2.75, 3.05) is 19.5 Å². The van der Waals surface area contributed by atoms with Gasteiger partial charge in [0.05, 0.1) is 41.3 Å². The highest BCUT2D eigenvalue weighted by Gasteiger charge is 2.30. The number of nitrogens with zero attached hydrogens (tertiary/aromatic N) is 3. The number of methoxy groups -OCH3 is 1. The van der Waals surface area contributed by atoms with Crippen molar-refractivity contribution in [3.05, 3.63) is 75.8 Å². The number of pyridine rings is 2. The molecule has 1 aliphatic heterocycles. The normalized spacial score (nSPS) is 13.0. The molecule has 0 fully saturated rings. The Hall–Kier alpha value is -3.26. The van der Waals surface area contributed by atoms with Gasteiger partial charge in [-0.05, 0) is 30.3 Å². The molecule has 160 valence electrons. The third-order valence-electron chi connectivity index (χ3n) is 5.00. The van der Waals surface area contributed by atoms with E-state index in [1.54, 1.807) is 42.3 Å². The molecule has 0 saturated heterocycles. The van der Waals surface area contributed by atoms with Gasteiger partial charge < -0.3 is 15.0 Å². The molecule has 0 atom stereocenters. The number of benzene rings is 1. The molecule has 1 amide bonds. The number of alkyl halides is 2. The Kier molecular flexibility index (Phi) is 5.73. The van der Waals surface area contributed by atoms with Crippen LogP contribution in [0.25, 0.3) is 0 Å². The Labute approximate surface area is 182 Å². The summed E-state index contributed by atoms with van der Waals surface area (Å²) in [5.41, 5.74) is 3.42.